The summed E-state index contributed by atoms with van der Waals surface area (Å²) in [6.45, 7) is 0. The number of halogens is 4. The van der Waals surface area contributed by atoms with Crippen LogP contribution in [0.3, 0.4) is 0 Å². The monoisotopic (exact) mass is 333 g/mol. The van der Waals surface area contributed by atoms with E-state index in [1.165, 1.54) is 0 Å². The van der Waals surface area contributed by atoms with Crippen LogP contribution in [0.4, 0.5) is 5.69 Å². The van der Waals surface area contributed by atoms with E-state index in [9.17, 15) is 0 Å². The molecule has 19 heavy (non-hydrogen) atoms. The van der Waals surface area contributed by atoms with Crippen LogP contribution >= 0.6 is 46.4 Å². The van der Waals surface area contributed by atoms with E-state index >= 15 is 0 Å². The fourth-order valence-electron chi connectivity index (χ4n) is 1.33. The summed E-state index contributed by atoms with van der Waals surface area (Å²) < 4.78 is 0. The number of nitrogens with zero attached hydrogens (tertiary/aromatic N) is 3. The smallest absolute Gasteiger partial charge is 0.170 e. The largest absolute Gasteiger partial charge is 0.265 e. The maximum absolute atomic E-state index is 6.09. The molecule has 1 unspecified atom stereocenters. The Morgan fingerprint density at radius 2 is 1.58 bits per heavy atom. The predicted molar refractivity (Wildman–Crippen MR) is 78.8 cm³/mol. The Hall–Kier alpha value is -0.870. The van der Waals surface area contributed by atoms with Crippen LogP contribution in [0.5, 0.6) is 0 Å². The minimum absolute atomic E-state index is 0.319. The number of alkyl halides is 1. The number of benzene rings is 1. The molecular weight excluding hydrogens is 328 g/mol. The first-order chi connectivity index (χ1) is 9.08. The zero-order chi connectivity index (χ0) is 13.8. The van der Waals surface area contributed by atoms with Gasteiger partial charge in [-0.05, 0) is 29.8 Å². The summed E-state index contributed by atoms with van der Waals surface area (Å²) in [7, 11) is 0. The molecular formula is C12H7Cl4N3. The fraction of sp³-hybridized carbons (Fsp3) is 0.0833. The molecule has 98 valence electrons. The zero-order valence-corrected chi connectivity index (χ0v) is 12.4. The van der Waals surface area contributed by atoms with E-state index in [1.54, 1.807) is 36.7 Å². The predicted octanol–water partition coefficient (Wildman–Crippen LogP) is 6.06. The number of azo groups is 1. The summed E-state index contributed by atoms with van der Waals surface area (Å²) in [4.78, 5) is 3.90. The maximum Gasteiger partial charge on any atom is 0.170 e. The third kappa shape index (κ3) is 3.80. The average molecular weight is 335 g/mol. The van der Waals surface area contributed by atoms with Crippen LogP contribution in [0.2, 0.25) is 15.1 Å². The molecule has 0 aliphatic rings. The van der Waals surface area contributed by atoms with Gasteiger partial charge in [-0.25, -0.2) is 0 Å². The summed E-state index contributed by atoms with van der Waals surface area (Å²) in [5, 5.41) is 9.01. The van der Waals surface area contributed by atoms with Gasteiger partial charge in [-0.3, -0.25) is 4.98 Å². The van der Waals surface area contributed by atoms with Gasteiger partial charge >= 0.3 is 0 Å². The number of aromatic nitrogens is 1. The van der Waals surface area contributed by atoms with Gasteiger partial charge in [0.25, 0.3) is 0 Å². The van der Waals surface area contributed by atoms with E-state index < -0.39 is 5.50 Å². The Bertz CT molecular complexity index is 578. The van der Waals surface area contributed by atoms with Crippen molar-refractivity contribution in [2.75, 3.05) is 0 Å². The number of pyridine rings is 1. The Labute approximate surface area is 130 Å². The average Bonchev–Trinajstić information content (AvgIpc) is 2.38. The van der Waals surface area contributed by atoms with Crippen molar-refractivity contribution in [3.8, 4) is 0 Å². The molecule has 0 amide bonds. The minimum Gasteiger partial charge on any atom is -0.265 e. The Morgan fingerprint density at radius 3 is 2.16 bits per heavy atom. The molecule has 2 rings (SSSR count). The molecule has 1 aromatic heterocycles. The zero-order valence-electron chi connectivity index (χ0n) is 9.39. The summed E-state index contributed by atoms with van der Waals surface area (Å²) in [5.74, 6) is 0. The number of rotatable bonds is 3. The highest BCUT2D eigenvalue weighted by Crippen LogP contribution is 2.37. The summed E-state index contributed by atoms with van der Waals surface area (Å²) >= 11 is 23.9. The maximum atomic E-state index is 6.09. The summed E-state index contributed by atoms with van der Waals surface area (Å²) in [6.07, 6.45) is 3.25. The van der Waals surface area contributed by atoms with Crippen molar-refractivity contribution in [2.24, 2.45) is 10.2 Å². The fourth-order valence-corrected chi connectivity index (χ4v) is 2.41. The van der Waals surface area contributed by atoms with Gasteiger partial charge in [0.1, 0.15) is 5.69 Å². The molecule has 1 atom stereocenters. The Balaban J connectivity index is 2.24. The van der Waals surface area contributed by atoms with Crippen molar-refractivity contribution >= 4 is 52.1 Å². The lowest BCUT2D eigenvalue weighted by Crippen LogP contribution is -1.85. The van der Waals surface area contributed by atoms with Crippen molar-refractivity contribution in [3.05, 3.63) is 57.3 Å². The standard InChI is InChI=1S/C12H7Cl4N3/c13-8-5-9(14)11(10(15)6-8)18-19-12(16)7-1-3-17-4-2-7/h1-6,12H. The second-order valence-electron chi connectivity index (χ2n) is 3.55. The minimum atomic E-state index is -0.634. The first-order valence-corrected chi connectivity index (χ1v) is 6.74. The molecule has 0 saturated carbocycles. The van der Waals surface area contributed by atoms with Crippen LogP contribution < -0.4 is 0 Å². The summed E-state index contributed by atoms with van der Waals surface area (Å²) in [5.41, 5.74) is 0.486. The molecule has 2 aromatic rings. The lowest BCUT2D eigenvalue weighted by Gasteiger charge is -2.04. The first-order valence-electron chi connectivity index (χ1n) is 5.17. The second kappa shape index (κ2) is 6.53. The van der Waals surface area contributed by atoms with Gasteiger partial charge in [-0.2, -0.15) is 10.2 Å². The highest BCUT2D eigenvalue weighted by molar-refractivity contribution is 6.41. The van der Waals surface area contributed by atoms with Crippen LogP contribution in [0.15, 0.2) is 46.9 Å². The van der Waals surface area contributed by atoms with Crippen molar-refractivity contribution in [3.63, 3.8) is 0 Å². The molecule has 0 aliphatic carbocycles. The Kier molecular flexibility index (Phi) is 4.99. The molecule has 0 aliphatic heterocycles. The first kappa shape index (κ1) is 14.5. The van der Waals surface area contributed by atoms with Crippen LogP contribution in [-0.4, -0.2) is 4.98 Å². The molecule has 0 fully saturated rings. The third-order valence-electron chi connectivity index (χ3n) is 2.22. The molecule has 1 heterocycles. The van der Waals surface area contributed by atoms with Gasteiger partial charge < -0.3 is 0 Å². The molecule has 0 N–H and O–H groups in total. The Morgan fingerprint density at radius 1 is 1.00 bits per heavy atom. The van der Waals surface area contributed by atoms with Gasteiger partial charge in [0.2, 0.25) is 0 Å². The van der Waals surface area contributed by atoms with Gasteiger partial charge in [0, 0.05) is 17.4 Å². The van der Waals surface area contributed by atoms with Crippen molar-refractivity contribution in [1.82, 2.24) is 4.98 Å². The molecule has 0 bridgehead atoms. The molecule has 1 aromatic carbocycles. The van der Waals surface area contributed by atoms with Crippen LogP contribution in [0.1, 0.15) is 11.1 Å². The van der Waals surface area contributed by atoms with E-state index in [-0.39, 0.29) is 0 Å². The molecule has 7 heteroatoms. The van der Waals surface area contributed by atoms with Crippen molar-refractivity contribution in [2.45, 2.75) is 5.50 Å². The molecule has 0 radical (unpaired) electrons. The third-order valence-corrected chi connectivity index (χ3v) is 3.36. The van der Waals surface area contributed by atoms with Gasteiger partial charge in [-0.1, -0.05) is 46.4 Å². The van der Waals surface area contributed by atoms with Crippen molar-refractivity contribution in [1.29, 1.82) is 0 Å². The molecule has 0 spiro atoms. The number of hydrogen-bond donors (Lipinski definition) is 0. The highest BCUT2D eigenvalue weighted by atomic mass is 35.5. The van der Waals surface area contributed by atoms with Crippen LogP contribution in [0.25, 0.3) is 0 Å². The van der Waals surface area contributed by atoms with Crippen molar-refractivity contribution < 1.29 is 0 Å². The van der Waals surface area contributed by atoms with E-state index in [0.29, 0.717) is 20.8 Å². The SMILES string of the molecule is Clc1cc(Cl)c(N=NC(Cl)c2ccncc2)c(Cl)c1. The quantitative estimate of drug-likeness (QED) is 0.381. The second-order valence-corrected chi connectivity index (χ2v) is 5.21. The lowest BCUT2D eigenvalue weighted by molar-refractivity contribution is 0.917. The van der Waals surface area contributed by atoms with E-state index in [0.717, 1.165) is 5.56 Å². The molecule has 0 saturated heterocycles. The molecule has 3 nitrogen and oxygen atoms in total. The van der Waals surface area contributed by atoms with Crippen LogP contribution in [0, 0.1) is 0 Å². The van der Waals surface area contributed by atoms with Gasteiger partial charge in [0.05, 0.1) is 10.0 Å². The van der Waals surface area contributed by atoms with E-state index in [4.69, 9.17) is 46.4 Å². The van der Waals surface area contributed by atoms with Crippen LogP contribution in [-0.2, 0) is 0 Å². The van der Waals surface area contributed by atoms with Gasteiger partial charge in [0.15, 0.2) is 5.50 Å². The highest BCUT2D eigenvalue weighted by Gasteiger charge is 2.09. The van der Waals surface area contributed by atoms with E-state index in [1.807, 2.05) is 0 Å². The normalized spacial score (nSPS) is 12.8. The lowest BCUT2D eigenvalue weighted by atomic mass is 10.3. The summed E-state index contributed by atoms with van der Waals surface area (Å²) in [6, 6.07) is 6.58. The van der Waals surface area contributed by atoms with E-state index in [2.05, 4.69) is 15.2 Å². The van der Waals surface area contributed by atoms with Gasteiger partial charge in [-0.15, -0.1) is 0 Å². The topological polar surface area (TPSA) is 37.6 Å². The number of hydrogen-bond acceptors (Lipinski definition) is 3.